The Kier molecular flexibility index (Phi) is 21.7. The number of amides is 1. The minimum Gasteiger partial charge on any atom is -0.467 e. The molecule has 172 valence electrons. The Balaban J connectivity index is 0. The van der Waals surface area contributed by atoms with Crippen LogP contribution < -0.4 is 16.8 Å². The van der Waals surface area contributed by atoms with Gasteiger partial charge in [-0.1, -0.05) is 71.1 Å². The molecular weight excluding hydrogens is 392 g/mol. The smallest absolute Gasteiger partial charge is 0.328 e. The van der Waals surface area contributed by atoms with E-state index in [9.17, 15) is 9.59 Å². The standard InChI is InChI=1S/C21H42N4O3.ClH/c1-3-4-5-6-7-8-9-10-11-12-13-16-19(26)25-18(20(27)28-2)15-14-17-24-21(22)23;/h18H,3-17H2,1-2H3,(H,25,26)(H4,22,23,24);1H/t18-;/m0./s1. The highest BCUT2D eigenvalue weighted by Gasteiger charge is 2.20. The van der Waals surface area contributed by atoms with Crippen molar-refractivity contribution in [2.75, 3.05) is 13.7 Å². The third kappa shape index (κ3) is 19.6. The average Bonchev–Trinajstić information content (AvgIpc) is 2.67. The Hall–Kier alpha value is -1.50. The number of unbranched alkanes of at least 4 members (excludes halogenated alkanes) is 10. The third-order valence-electron chi connectivity index (χ3n) is 4.77. The second-order valence-corrected chi connectivity index (χ2v) is 7.38. The van der Waals surface area contributed by atoms with E-state index < -0.39 is 12.0 Å². The molecule has 8 heteroatoms. The van der Waals surface area contributed by atoms with Crippen LogP contribution in [-0.2, 0) is 14.3 Å². The van der Waals surface area contributed by atoms with E-state index in [2.05, 4.69) is 17.2 Å². The fraction of sp³-hybridized carbons (Fsp3) is 0.857. The Labute approximate surface area is 183 Å². The van der Waals surface area contributed by atoms with Gasteiger partial charge in [-0.15, -0.1) is 12.4 Å². The summed E-state index contributed by atoms with van der Waals surface area (Å²) in [4.78, 5) is 27.8. The molecule has 5 N–H and O–H groups in total. The van der Waals surface area contributed by atoms with Crippen LogP contribution in [0.5, 0.6) is 0 Å². The number of ether oxygens (including phenoxy) is 1. The second kappa shape index (κ2) is 21.2. The molecule has 0 saturated carbocycles. The highest BCUT2D eigenvalue weighted by molar-refractivity contribution is 5.85. The van der Waals surface area contributed by atoms with E-state index in [0.29, 0.717) is 25.8 Å². The summed E-state index contributed by atoms with van der Waals surface area (Å²) >= 11 is 0. The lowest BCUT2D eigenvalue weighted by molar-refractivity contribution is -0.145. The Bertz CT molecular complexity index is 444. The van der Waals surface area contributed by atoms with Gasteiger partial charge in [0, 0.05) is 13.0 Å². The summed E-state index contributed by atoms with van der Waals surface area (Å²) in [5.41, 5.74) is 10.5. The topological polar surface area (TPSA) is 120 Å². The third-order valence-corrected chi connectivity index (χ3v) is 4.77. The molecule has 1 amide bonds. The number of hydrogen-bond donors (Lipinski definition) is 3. The first kappa shape index (κ1) is 29.7. The van der Waals surface area contributed by atoms with Gasteiger partial charge in [-0.3, -0.25) is 9.79 Å². The molecule has 0 aliphatic carbocycles. The number of guanidine groups is 1. The van der Waals surface area contributed by atoms with Gasteiger partial charge >= 0.3 is 5.97 Å². The Morgan fingerprint density at radius 2 is 1.41 bits per heavy atom. The summed E-state index contributed by atoms with van der Waals surface area (Å²) in [5, 5.41) is 2.77. The zero-order valence-electron chi connectivity index (χ0n) is 18.4. The largest absolute Gasteiger partial charge is 0.467 e. The summed E-state index contributed by atoms with van der Waals surface area (Å²) in [7, 11) is 1.32. The van der Waals surface area contributed by atoms with E-state index in [1.807, 2.05) is 0 Å². The summed E-state index contributed by atoms with van der Waals surface area (Å²) in [6.45, 7) is 2.66. The van der Waals surface area contributed by atoms with Crippen LogP contribution in [0.4, 0.5) is 0 Å². The van der Waals surface area contributed by atoms with E-state index in [1.165, 1.54) is 64.9 Å². The van der Waals surface area contributed by atoms with Gasteiger partial charge in [0.1, 0.15) is 6.04 Å². The first-order chi connectivity index (χ1) is 13.5. The number of carbonyl (C=O) groups excluding carboxylic acids is 2. The molecule has 0 heterocycles. The highest BCUT2D eigenvalue weighted by Crippen LogP contribution is 2.12. The lowest BCUT2D eigenvalue weighted by atomic mass is 10.0. The first-order valence-electron chi connectivity index (χ1n) is 10.9. The monoisotopic (exact) mass is 434 g/mol. The molecule has 0 radical (unpaired) electrons. The fourth-order valence-corrected chi connectivity index (χ4v) is 3.11. The number of nitrogens with two attached hydrogens (primary N) is 2. The maximum Gasteiger partial charge on any atom is 0.328 e. The first-order valence-corrected chi connectivity index (χ1v) is 10.9. The molecular formula is C21H43ClN4O3. The maximum atomic E-state index is 12.1. The molecule has 0 saturated heterocycles. The Morgan fingerprint density at radius 1 is 0.897 bits per heavy atom. The van der Waals surface area contributed by atoms with Gasteiger partial charge in [-0.25, -0.2) is 4.79 Å². The van der Waals surface area contributed by atoms with Crippen molar-refractivity contribution in [2.45, 2.75) is 103 Å². The number of halogens is 1. The number of esters is 1. The zero-order valence-corrected chi connectivity index (χ0v) is 19.2. The van der Waals surface area contributed by atoms with Crippen molar-refractivity contribution in [3.8, 4) is 0 Å². The molecule has 0 aromatic heterocycles. The van der Waals surface area contributed by atoms with Crippen molar-refractivity contribution >= 4 is 30.2 Å². The van der Waals surface area contributed by atoms with Crippen molar-refractivity contribution in [1.29, 1.82) is 0 Å². The van der Waals surface area contributed by atoms with E-state index in [0.717, 1.165) is 12.8 Å². The summed E-state index contributed by atoms with van der Waals surface area (Å²) < 4.78 is 4.76. The zero-order chi connectivity index (χ0) is 21.0. The minimum atomic E-state index is -0.639. The van der Waals surface area contributed by atoms with Gasteiger partial charge in [0.2, 0.25) is 5.91 Å². The van der Waals surface area contributed by atoms with E-state index >= 15 is 0 Å². The number of methoxy groups -OCH3 is 1. The lowest BCUT2D eigenvalue weighted by Gasteiger charge is -2.16. The van der Waals surface area contributed by atoms with Crippen LogP contribution in [0.15, 0.2) is 4.99 Å². The van der Waals surface area contributed by atoms with Crippen LogP contribution in [-0.4, -0.2) is 37.5 Å². The highest BCUT2D eigenvalue weighted by atomic mass is 35.5. The average molecular weight is 435 g/mol. The SMILES string of the molecule is CCCCCCCCCCCCCC(=O)N[C@@H](CCCN=C(N)N)C(=O)OC.Cl. The number of hydrogen-bond acceptors (Lipinski definition) is 4. The van der Waals surface area contributed by atoms with Crippen LogP contribution in [0.2, 0.25) is 0 Å². The minimum absolute atomic E-state index is 0. The van der Waals surface area contributed by atoms with Crippen LogP contribution >= 0.6 is 12.4 Å². The van der Waals surface area contributed by atoms with Crippen molar-refractivity contribution in [2.24, 2.45) is 16.5 Å². The molecule has 1 atom stereocenters. The van der Waals surface area contributed by atoms with Gasteiger partial charge in [-0.05, 0) is 19.3 Å². The lowest BCUT2D eigenvalue weighted by Crippen LogP contribution is -2.41. The van der Waals surface area contributed by atoms with Gasteiger partial charge in [-0.2, -0.15) is 0 Å². The van der Waals surface area contributed by atoms with E-state index in [-0.39, 0.29) is 24.3 Å². The van der Waals surface area contributed by atoms with Crippen LogP contribution in [0.1, 0.15) is 96.8 Å². The van der Waals surface area contributed by atoms with Crippen molar-refractivity contribution in [1.82, 2.24) is 5.32 Å². The molecule has 0 fully saturated rings. The number of carbonyl (C=O) groups is 2. The van der Waals surface area contributed by atoms with Crippen LogP contribution in [0, 0.1) is 0 Å². The van der Waals surface area contributed by atoms with Crippen LogP contribution in [0.3, 0.4) is 0 Å². The molecule has 0 aromatic rings. The van der Waals surface area contributed by atoms with E-state index in [4.69, 9.17) is 16.2 Å². The van der Waals surface area contributed by atoms with Crippen molar-refractivity contribution in [3.63, 3.8) is 0 Å². The van der Waals surface area contributed by atoms with Gasteiger partial charge in [0.15, 0.2) is 5.96 Å². The molecule has 0 aliphatic rings. The molecule has 0 aliphatic heterocycles. The molecule has 0 unspecified atom stereocenters. The summed E-state index contributed by atoms with van der Waals surface area (Å²) in [5.74, 6) is -0.514. The number of nitrogens with zero attached hydrogens (tertiary/aromatic N) is 1. The van der Waals surface area contributed by atoms with Crippen LogP contribution in [0.25, 0.3) is 0 Å². The fourth-order valence-electron chi connectivity index (χ4n) is 3.11. The summed E-state index contributed by atoms with van der Waals surface area (Å²) in [6, 6.07) is -0.639. The summed E-state index contributed by atoms with van der Waals surface area (Å²) in [6.07, 6.45) is 15.1. The van der Waals surface area contributed by atoms with Gasteiger partial charge in [0.05, 0.1) is 7.11 Å². The van der Waals surface area contributed by atoms with Gasteiger partial charge < -0.3 is 21.5 Å². The maximum absolute atomic E-state index is 12.1. The molecule has 0 bridgehead atoms. The quantitative estimate of drug-likeness (QED) is 0.131. The van der Waals surface area contributed by atoms with Crippen molar-refractivity contribution < 1.29 is 14.3 Å². The Morgan fingerprint density at radius 3 is 1.90 bits per heavy atom. The second-order valence-electron chi connectivity index (χ2n) is 7.38. The van der Waals surface area contributed by atoms with Gasteiger partial charge in [0.25, 0.3) is 0 Å². The molecule has 0 rings (SSSR count). The molecule has 7 nitrogen and oxygen atoms in total. The normalized spacial score (nSPS) is 11.2. The predicted molar refractivity (Wildman–Crippen MR) is 122 cm³/mol. The molecule has 0 spiro atoms. The molecule has 29 heavy (non-hydrogen) atoms. The number of nitrogens with one attached hydrogen (secondary N) is 1. The number of aliphatic imine (C=N–C) groups is 1. The van der Waals surface area contributed by atoms with Crippen molar-refractivity contribution in [3.05, 3.63) is 0 Å². The number of rotatable bonds is 18. The predicted octanol–water partition coefficient (Wildman–Crippen LogP) is 3.82. The van der Waals surface area contributed by atoms with E-state index in [1.54, 1.807) is 0 Å². The molecule has 0 aromatic carbocycles.